The number of halogens is 1. The highest BCUT2D eigenvalue weighted by molar-refractivity contribution is 7.89. The van der Waals surface area contributed by atoms with E-state index in [1.807, 2.05) is 0 Å². The molecule has 0 atom stereocenters. The summed E-state index contributed by atoms with van der Waals surface area (Å²) in [4.78, 5) is 14.6. The van der Waals surface area contributed by atoms with Crippen molar-refractivity contribution in [3.63, 3.8) is 0 Å². The maximum absolute atomic E-state index is 11.8. The molecule has 9 heteroatoms. The lowest BCUT2D eigenvalue weighted by Gasteiger charge is -2.13. The Morgan fingerprint density at radius 3 is 2.15 bits per heavy atom. The number of hydrogen-bond acceptors (Lipinski definition) is 4. The van der Waals surface area contributed by atoms with Crippen molar-refractivity contribution in [2.24, 2.45) is 10.9 Å². The van der Waals surface area contributed by atoms with Crippen molar-refractivity contribution in [2.75, 3.05) is 5.73 Å². The first-order chi connectivity index (χ1) is 12.2. The molecule has 3 aromatic rings. The van der Waals surface area contributed by atoms with Gasteiger partial charge >= 0.3 is 0 Å². The van der Waals surface area contributed by atoms with Gasteiger partial charge in [-0.2, -0.15) is 0 Å². The zero-order valence-electron chi connectivity index (χ0n) is 13.4. The Kier molecular flexibility index (Phi) is 4.49. The summed E-state index contributed by atoms with van der Waals surface area (Å²) in [6.07, 6.45) is 1.69. The summed E-state index contributed by atoms with van der Waals surface area (Å²) in [5.41, 5.74) is 14.5. The smallest absolute Gasteiger partial charge is 0.250 e. The van der Waals surface area contributed by atoms with Crippen molar-refractivity contribution in [3.05, 3.63) is 59.4 Å². The third-order valence-corrected chi connectivity index (χ3v) is 5.07. The fourth-order valence-corrected chi connectivity index (χ4v) is 3.31. The summed E-state index contributed by atoms with van der Waals surface area (Å²) < 4.78 is 22.8. The van der Waals surface area contributed by atoms with Gasteiger partial charge in [-0.1, -0.05) is 23.7 Å². The number of nitrogen functional groups attached to an aromatic ring is 1. The number of hydrogen-bond donors (Lipinski definition) is 4. The molecule has 2 aromatic carbocycles. The average molecular weight is 391 g/mol. The van der Waals surface area contributed by atoms with Crippen LogP contribution >= 0.6 is 11.6 Å². The van der Waals surface area contributed by atoms with E-state index in [1.54, 1.807) is 36.5 Å². The lowest BCUT2D eigenvalue weighted by atomic mass is 9.95. The number of aromatic nitrogens is 1. The number of sulfonamides is 1. The predicted octanol–water partition coefficient (Wildman–Crippen LogP) is 2.33. The second kappa shape index (κ2) is 6.49. The van der Waals surface area contributed by atoms with Crippen LogP contribution in [0.25, 0.3) is 22.3 Å². The van der Waals surface area contributed by atoms with Crippen molar-refractivity contribution < 1.29 is 13.2 Å². The van der Waals surface area contributed by atoms with Crippen LogP contribution in [0, 0.1) is 0 Å². The molecule has 0 unspecified atom stereocenters. The van der Waals surface area contributed by atoms with Crippen LogP contribution in [0.5, 0.6) is 0 Å². The lowest BCUT2D eigenvalue weighted by Crippen LogP contribution is -2.14. The minimum atomic E-state index is -3.81. The van der Waals surface area contributed by atoms with Crippen LogP contribution in [0.1, 0.15) is 10.4 Å². The largest absolute Gasteiger partial charge is 0.398 e. The molecular weight excluding hydrogens is 376 g/mol. The van der Waals surface area contributed by atoms with E-state index in [-0.39, 0.29) is 16.1 Å². The number of nitrogens with one attached hydrogen (secondary N) is 1. The van der Waals surface area contributed by atoms with E-state index in [0.717, 1.165) is 5.56 Å². The Morgan fingerprint density at radius 2 is 1.65 bits per heavy atom. The third kappa shape index (κ3) is 3.43. The van der Waals surface area contributed by atoms with Gasteiger partial charge in [0.15, 0.2) is 0 Å². The molecule has 0 aliphatic rings. The van der Waals surface area contributed by atoms with Crippen molar-refractivity contribution in [3.8, 4) is 22.3 Å². The number of rotatable bonds is 4. The van der Waals surface area contributed by atoms with E-state index >= 15 is 0 Å². The maximum Gasteiger partial charge on any atom is 0.250 e. The second-order valence-corrected chi connectivity index (χ2v) is 7.62. The zero-order chi connectivity index (χ0) is 19.1. The monoisotopic (exact) mass is 390 g/mol. The van der Waals surface area contributed by atoms with Crippen LogP contribution < -0.4 is 16.6 Å². The number of carbonyl (C=O) groups is 1. The number of primary amides is 1. The highest BCUT2D eigenvalue weighted by Gasteiger charge is 2.16. The molecule has 7 nitrogen and oxygen atoms in total. The Balaban J connectivity index is 2.20. The van der Waals surface area contributed by atoms with Crippen LogP contribution in [0.3, 0.4) is 0 Å². The number of aromatic amines is 1. The summed E-state index contributed by atoms with van der Waals surface area (Å²) in [5, 5.41) is 5.55. The van der Waals surface area contributed by atoms with E-state index in [1.165, 1.54) is 12.1 Å². The molecule has 134 valence electrons. The first-order valence-corrected chi connectivity index (χ1v) is 9.30. The fraction of sp³-hybridized carbons (Fsp3) is 0. The molecule has 0 aliphatic heterocycles. The van der Waals surface area contributed by atoms with Gasteiger partial charge in [-0.05, 0) is 41.5 Å². The first-order valence-electron chi connectivity index (χ1n) is 7.37. The van der Waals surface area contributed by atoms with Gasteiger partial charge in [0, 0.05) is 17.3 Å². The molecule has 0 aliphatic carbocycles. The number of nitrogens with two attached hydrogens (primary N) is 3. The number of amides is 1. The first kappa shape index (κ1) is 18.0. The van der Waals surface area contributed by atoms with Gasteiger partial charge < -0.3 is 16.5 Å². The van der Waals surface area contributed by atoms with Crippen LogP contribution in [0.2, 0.25) is 5.15 Å². The van der Waals surface area contributed by atoms with Crippen molar-refractivity contribution >= 4 is 33.2 Å². The summed E-state index contributed by atoms with van der Waals surface area (Å²) in [7, 11) is -3.81. The Hall–Kier alpha value is -2.81. The Bertz CT molecular complexity index is 1110. The summed E-state index contributed by atoms with van der Waals surface area (Å²) in [6, 6.07) is 10.9. The van der Waals surface area contributed by atoms with Gasteiger partial charge in [0.25, 0.3) is 5.91 Å². The van der Waals surface area contributed by atoms with Gasteiger partial charge in [0.1, 0.15) is 5.15 Å². The minimum absolute atomic E-state index is 0.0245. The number of primary sulfonamides is 1. The summed E-state index contributed by atoms with van der Waals surface area (Å²) in [5.74, 6) is -0.673. The predicted molar refractivity (Wildman–Crippen MR) is 101 cm³/mol. The maximum atomic E-state index is 11.8. The van der Waals surface area contributed by atoms with Crippen molar-refractivity contribution in [2.45, 2.75) is 4.90 Å². The van der Waals surface area contributed by atoms with Gasteiger partial charge in [-0.3, -0.25) is 4.79 Å². The number of carbonyl (C=O) groups excluding carboxylic acids is 1. The summed E-state index contributed by atoms with van der Waals surface area (Å²) in [6.45, 7) is 0. The number of anilines is 1. The van der Waals surface area contributed by atoms with Crippen LogP contribution in [0.4, 0.5) is 5.69 Å². The molecule has 0 radical (unpaired) electrons. The van der Waals surface area contributed by atoms with Crippen LogP contribution in [0.15, 0.2) is 53.6 Å². The minimum Gasteiger partial charge on any atom is -0.398 e. The standard InChI is InChI=1S/C17H15ClN4O3S/c18-15-7-11(8-22-15)10-5-13(16(19)14(6-10)17(20)23)9-1-3-12(4-2-9)26(21,24)25/h1-8,22H,19H2,(H2,20,23)(H2,21,24,25). The molecule has 1 aromatic heterocycles. The van der Waals surface area contributed by atoms with Crippen molar-refractivity contribution in [1.29, 1.82) is 0 Å². The molecule has 0 fully saturated rings. The third-order valence-electron chi connectivity index (χ3n) is 3.92. The van der Waals surface area contributed by atoms with Crippen molar-refractivity contribution in [1.82, 2.24) is 4.98 Å². The number of benzene rings is 2. The molecule has 0 saturated carbocycles. The van der Waals surface area contributed by atoms with Gasteiger partial charge in [0.05, 0.1) is 16.1 Å². The lowest BCUT2D eigenvalue weighted by molar-refractivity contribution is 0.100. The molecule has 26 heavy (non-hydrogen) atoms. The normalized spacial score (nSPS) is 11.5. The highest BCUT2D eigenvalue weighted by Crippen LogP contribution is 2.35. The number of H-pyrrole nitrogens is 1. The van der Waals surface area contributed by atoms with Crippen LogP contribution in [-0.4, -0.2) is 19.3 Å². The van der Waals surface area contributed by atoms with Gasteiger partial charge in [0.2, 0.25) is 10.0 Å². The molecule has 3 rings (SSSR count). The molecule has 0 spiro atoms. The Labute approximate surface area is 154 Å². The van der Waals surface area contributed by atoms with E-state index in [4.69, 9.17) is 28.2 Å². The van der Waals surface area contributed by atoms with E-state index in [9.17, 15) is 13.2 Å². The fourth-order valence-electron chi connectivity index (χ4n) is 2.62. The molecule has 0 bridgehead atoms. The topological polar surface area (TPSA) is 145 Å². The zero-order valence-corrected chi connectivity index (χ0v) is 14.9. The van der Waals surface area contributed by atoms with Crippen LogP contribution in [-0.2, 0) is 10.0 Å². The highest BCUT2D eigenvalue weighted by atomic mass is 35.5. The van der Waals surface area contributed by atoms with Gasteiger partial charge in [-0.25, -0.2) is 13.6 Å². The quantitative estimate of drug-likeness (QED) is 0.506. The molecule has 0 saturated heterocycles. The SMILES string of the molecule is NC(=O)c1cc(-c2c[nH]c(Cl)c2)cc(-c2ccc(S(N)(=O)=O)cc2)c1N. The molecular formula is C17H15ClN4O3S. The Morgan fingerprint density at radius 1 is 1.00 bits per heavy atom. The molecule has 1 amide bonds. The van der Waals surface area contributed by atoms with Gasteiger partial charge in [-0.15, -0.1) is 0 Å². The summed E-state index contributed by atoms with van der Waals surface area (Å²) >= 11 is 5.92. The van der Waals surface area contributed by atoms with E-state index < -0.39 is 15.9 Å². The van der Waals surface area contributed by atoms with E-state index in [0.29, 0.717) is 21.8 Å². The van der Waals surface area contributed by atoms with E-state index in [2.05, 4.69) is 4.98 Å². The second-order valence-electron chi connectivity index (χ2n) is 5.65. The average Bonchev–Trinajstić information content (AvgIpc) is 3.00. The molecule has 7 N–H and O–H groups in total. The molecule has 1 heterocycles.